The summed E-state index contributed by atoms with van der Waals surface area (Å²) in [6, 6.07) is 9.19. The number of carbonyl (C=O) groups excluding carboxylic acids is 1. The number of carbonyl (C=O) groups is 1. The Kier molecular flexibility index (Phi) is 4.66. The second kappa shape index (κ2) is 7.12. The molecule has 4 rings (SSSR count). The third-order valence-electron chi connectivity index (χ3n) is 4.78. The first-order valence-electron chi connectivity index (χ1n) is 8.92. The lowest BCUT2D eigenvalue weighted by Crippen LogP contribution is -2.49. The molecule has 0 bridgehead atoms. The van der Waals surface area contributed by atoms with Crippen LogP contribution in [0.2, 0.25) is 5.02 Å². The molecule has 6 nitrogen and oxygen atoms in total. The van der Waals surface area contributed by atoms with Gasteiger partial charge in [0, 0.05) is 54.5 Å². The highest BCUT2D eigenvalue weighted by Crippen LogP contribution is 2.23. The highest BCUT2D eigenvalue weighted by atomic mass is 35.5. The largest absolute Gasteiger partial charge is 0.353 e. The highest BCUT2D eigenvalue weighted by molar-refractivity contribution is 6.31. The molecule has 0 radical (unpaired) electrons. The standard InChI is InChI=1S/C20H20ClN5O/c1-13-11-19(24-14(2)23-13)25-7-9-26(10-8-25)20(27)16-5-6-22-18-4-3-15(21)12-17(16)18/h3-6,11-12H,7-10H2,1-2H3. The van der Waals surface area contributed by atoms with Gasteiger partial charge in [-0.1, -0.05) is 11.6 Å². The number of piperazine rings is 1. The summed E-state index contributed by atoms with van der Waals surface area (Å²) >= 11 is 6.12. The fraction of sp³-hybridized carbons (Fsp3) is 0.300. The zero-order valence-corrected chi connectivity index (χ0v) is 16.1. The van der Waals surface area contributed by atoms with Gasteiger partial charge in [0.15, 0.2) is 0 Å². The molecular weight excluding hydrogens is 362 g/mol. The first kappa shape index (κ1) is 17.7. The minimum Gasteiger partial charge on any atom is -0.353 e. The molecule has 0 unspecified atom stereocenters. The van der Waals surface area contributed by atoms with Crippen LogP contribution in [0.3, 0.4) is 0 Å². The van der Waals surface area contributed by atoms with E-state index in [4.69, 9.17) is 11.6 Å². The van der Waals surface area contributed by atoms with Gasteiger partial charge in [-0.3, -0.25) is 9.78 Å². The molecule has 138 valence electrons. The third kappa shape index (κ3) is 3.57. The summed E-state index contributed by atoms with van der Waals surface area (Å²) in [6.45, 7) is 6.64. The zero-order valence-electron chi connectivity index (χ0n) is 15.3. The van der Waals surface area contributed by atoms with Crippen molar-refractivity contribution in [1.82, 2.24) is 19.9 Å². The predicted molar refractivity (Wildman–Crippen MR) is 106 cm³/mol. The van der Waals surface area contributed by atoms with Gasteiger partial charge in [0.25, 0.3) is 5.91 Å². The summed E-state index contributed by atoms with van der Waals surface area (Å²) in [7, 11) is 0. The van der Waals surface area contributed by atoms with Crippen molar-refractivity contribution in [1.29, 1.82) is 0 Å². The maximum absolute atomic E-state index is 13.1. The van der Waals surface area contributed by atoms with Gasteiger partial charge in [0.2, 0.25) is 0 Å². The number of halogens is 1. The number of aromatic nitrogens is 3. The summed E-state index contributed by atoms with van der Waals surface area (Å²) in [6.07, 6.45) is 1.67. The Morgan fingerprint density at radius 1 is 1.04 bits per heavy atom. The molecule has 7 heteroatoms. The molecule has 3 heterocycles. The number of nitrogens with zero attached hydrogens (tertiary/aromatic N) is 5. The fourth-order valence-corrected chi connectivity index (χ4v) is 3.65. The van der Waals surface area contributed by atoms with Gasteiger partial charge in [0.1, 0.15) is 11.6 Å². The van der Waals surface area contributed by atoms with Crippen LogP contribution in [0.1, 0.15) is 21.9 Å². The molecule has 1 saturated heterocycles. The van der Waals surface area contributed by atoms with E-state index in [0.717, 1.165) is 41.3 Å². The van der Waals surface area contributed by atoms with Crippen molar-refractivity contribution in [3.8, 4) is 0 Å². The van der Waals surface area contributed by atoms with Crippen LogP contribution in [0.4, 0.5) is 5.82 Å². The van der Waals surface area contributed by atoms with Gasteiger partial charge in [-0.2, -0.15) is 0 Å². The van der Waals surface area contributed by atoms with Gasteiger partial charge in [-0.15, -0.1) is 0 Å². The molecule has 0 saturated carbocycles. The lowest BCUT2D eigenvalue weighted by atomic mass is 10.1. The Hall–Kier alpha value is -2.73. The summed E-state index contributed by atoms with van der Waals surface area (Å²) < 4.78 is 0. The number of benzene rings is 1. The second-order valence-corrected chi connectivity index (χ2v) is 7.15. The molecule has 0 aliphatic carbocycles. The van der Waals surface area contributed by atoms with Crippen molar-refractivity contribution in [2.75, 3.05) is 31.1 Å². The number of hydrogen-bond donors (Lipinski definition) is 0. The molecule has 1 aliphatic rings. The van der Waals surface area contributed by atoms with Gasteiger partial charge < -0.3 is 9.80 Å². The molecule has 1 fully saturated rings. The number of hydrogen-bond acceptors (Lipinski definition) is 5. The van der Waals surface area contributed by atoms with Crippen LogP contribution in [0.5, 0.6) is 0 Å². The summed E-state index contributed by atoms with van der Waals surface area (Å²) in [5.41, 5.74) is 2.37. The topological polar surface area (TPSA) is 62.2 Å². The quantitative estimate of drug-likeness (QED) is 0.681. The van der Waals surface area contributed by atoms with Crippen molar-refractivity contribution < 1.29 is 4.79 Å². The third-order valence-corrected chi connectivity index (χ3v) is 5.01. The second-order valence-electron chi connectivity index (χ2n) is 6.71. The van der Waals surface area contributed by atoms with Crippen molar-refractivity contribution >= 4 is 34.2 Å². The number of fused-ring (bicyclic) bond motifs is 1. The monoisotopic (exact) mass is 381 g/mol. The van der Waals surface area contributed by atoms with Gasteiger partial charge in [-0.25, -0.2) is 9.97 Å². The summed E-state index contributed by atoms with van der Waals surface area (Å²) in [5, 5.41) is 1.39. The number of amides is 1. The Bertz CT molecular complexity index is 994. The SMILES string of the molecule is Cc1cc(N2CCN(C(=O)c3ccnc4ccc(Cl)cc34)CC2)nc(C)n1. The van der Waals surface area contributed by atoms with Gasteiger partial charge in [0.05, 0.1) is 11.1 Å². The molecule has 0 N–H and O–H groups in total. The molecular formula is C20H20ClN5O. The minimum atomic E-state index is 0.0133. The maximum atomic E-state index is 13.1. The van der Waals surface area contributed by atoms with Crippen molar-refractivity contribution in [3.63, 3.8) is 0 Å². The van der Waals surface area contributed by atoms with Crippen LogP contribution >= 0.6 is 11.6 Å². The van der Waals surface area contributed by atoms with E-state index in [1.54, 1.807) is 24.4 Å². The van der Waals surface area contributed by atoms with Crippen molar-refractivity contribution in [2.24, 2.45) is 0 Å². The van der Waals surface area contributed by atoms with Crippen LogP contribution in [0.25, 0.3) is 10.9 Å². The van der Waals surface area contributed by atoms with Gasteiger partial charge >= 0.3 is 0 Å². The molecule has 1 aliphatic heterocycles. The zero-order chi connectivity index (χ0) is 19.0. The van der Waals surface area contributed by atoms with E-state index in [2.05, 4.69) is 19.9 Å². The molecule has 3 aromatic rings. The Labute approximate surface area is 162 Å². The fourth-order valence-electron chi connectivity index (χ4n) is 3.47. The van der Waals surface area contributed by atoms with Crippen LogP contribution in [0.15, 0.2) is 36.5 Å². The average molecular weight is 382 g/mol. The molecule has 2 aromatic heterocycles. The van der Waals surface area contributed by atoms with E-state index < -0.39 is 0 Å². The van der Waals surface area contributed by atoms with E-state index in [0.29, 0.717) is 23.7 Å². The molecule has 0 spiro atoms. The lowest BCUT2D eigenvalue weighted by molar-refractivity contribution is 0.0748. The van der Waals surface area contributed by atoms with E-state index in [1.165, 1.54) is 0 Å². The van der Waals surface area contributed by atoms with E-state index in [-0.39, 0.29) is 5.91 Å². The molecule has 0 atom stereocenters. The van der Waals surface area contributed by atoms with Crippen molar-refractivity contribution in [3.05, 3.63) is 58.6 Å². The normalized spacial score (nSPS) is 14.6. The summed E-state index contributed by atoms with van der Waals surface area (Å²) in [5.74, 6) is 1.70. The predicted octanol–water partition coefficient (Wildman–Crippen LogP) is 3.26. The number of anilines is 1. The van der Waals surface area contributed by atoms with Crippen molar-refractivity contribution in [2.45, 2.75) is 13.8 Å². The van der Waals surface area contributed by atoms with Crippen LogP contribution in [-0.2, 0) is 0 Å². The number of pyridine rings is 1. The molecule has 27 heavy (non-hydrogen) atoms. The Balaban J connectivity index is 1.53. The number of rotatable bonds is 2. The smallest absolute Gasteiger partial charge is 0.254 e. The average Bonchev–Trinajstić information content (AvgIpc) is 2.66. The van der Waals surface area contributed by atoms with Gasteiger partial charge in [-0.05, 0) is 38.1 Å². The van der Waals surface area contributed by atoms with E-state index in [9.17, 15) is 4.79 Å². The number of aryl methyl sites for hydroxylation is 2. The molecule has 1 amide bonds. The molecule has 1 aromatic carbocycles. The lowest BCUT2D eigenvalue weighted by Gasteiger charge is -2.35. The van der Waals surface area contributed by atoms with E-state index >= 15 is 0 Å². The van der Waals surface area contributed by atoms with Crippen LogP contribution < -0.4 is 4.90 Å². The Morgan fingerprint density at radius 2 is 1.81 bits per heavy atom. The minimum absolute atomic E-state index is 0.0133. The maximum Gasteiger partial charge on any atom is 0.254 e. The van der Waals surface area contributed by atoms with Crippen LogP contribution in [-0.4, -0.2) is 51.9 Å². The first-order chi connectivity index (χ1) is 13.0. The highest BCUT2D eigenvalue weighted by Gasteiger charge is 2.24. The first-order valence-corrected chi connectivity index (χ1v) is 9.30. The Morgan fingerprint density at radius 3 is 2.56 bits per heavy atom. The summed E-state index contributed by atoms with van der Waals surface area (Å²) in [4.78, 5) is 30.4. The van der Waals surface area contributed by atoms with E-state index in [1.807, 2.05) is 30.9 Å². The van der Waals surface area contributed by atoms with Crippen LogP contribution in [0, 0.1) is 13.8 Å².